The van der Waals surface area contributed by atoms with E-state index in [0.29, 0.717) is 46.4 Å². The van der Waals surface area contributed by atoms with E-state index in [1.807, 2.05) is 19.0 Å². The summed E-state index contributed by atoms with van der Waals surface area (Å²) in [5.74, 6) is -1.84. The molecule has 0 aliphatic rings. The average molecular weight is 698 g/mol. The van der Waals surface area contributed by atoms with Gasteiger partial charge in [-0.25, -0.2) is 0 Å². The molecule has 16 nitrogen and oxygen atoms in total. The minimum atomic E-state index is -0.454. The summed E-state index contributed by atoms with van der Waals surface area (Å²) in [5, 5.41) is 14.1. The van der Waals surface area contributed by atoms with Gasteiger partial charge >= 0.3 is 0 Å². The van der Waals surface area contributed by atoms with Crippen molar-refractivity contribution < 1.29 is 24.0 Å². The predicted molar refractivity (Wildman–Crippen MR) is 194 cm³/mol. The second-order valence-electron chi connectivity index (χ2n) is 12.6. The smallest absolute Gasteiger partial charge is 0.272 e. The summed E-state index contributed by atoms with van der Waals surface area (Å²) in [6.07, 6.45) is 9.10. The Kier molecular flexibility index (Phi) is 10.6. The molecule has 0 saturated carbocycles. The Morgan fingerprint density at radius 1 is 0.529 bits per heavy atom. The van der Waals surface area contributed by atoms with Gasteiger partial charge in [-0.15, -0.1) is 0 Å². The van der Waals surface area contributed by atoms with Crippen LogP contribution in [0.3, 0.4) is 0 Å². The molecule has 51 heavy (non-hydrogen) atoms. The van der Waals surface area contributed by atoms with Gasteiger partial charge in [0.15, 0.2) is 0 Å². The van der Waals surface area contributed by atoms with Gasteiger partial charge in [-0.2, -0.15) is 0 Å². The predicted octanol–water partition coefficient (Wildman–Crippen LogP) is 3.07. The van der Waals surface area contributed by atoms with Crippen molar-refractivity contribution in [1.29, 1.82) is 0 Å². The Balaban J connectivity index is 1.18. The van der Waals surface area contributed by atoms with Gasteiger partial charge in [0.25, 0.3) is 29.5 Å². The van der Waals surface area contributed by atoms with Crippen LogP contribution in [0, 0.1) is 0 Å². The summed E-state index contributed by atoms with van der Waals surface area (Å²) in [4.78, 5) is 66.9. The van der Waals surface area contributed by atoms with E-state index in [4.69, 9.17) is 0 Å². The summed E-state index contributed by atoms with van der Waals surface area (Å²) >= 11 is 0. The zero-order chi connectivity index (χ0) is 37.0. The standard InChI is InChI=1S/C35H43N11O5/c1-41(2)12-9-11-36-31(47)27-14-22(18-43(27)4)38-33(49)29-16-24(20-45(29)6)40-35(51)30-17-25(21-46(30)7)39-34(50)28-15-23(19-44(28)5)37-32(48)26-10-8-13-42(26)3/h8,10,13-21H,9,11-12H2,1-7H3,(H,36,47)(H,37,48)(H,38,49)(H,39,50)(H,40,51). The highest BCUT2D eigenvalue weighted by Gasteiger charge is 2.20. The molecule has 16 heteroatoms. The molecule has 268 valence electrons. The molecule has 0 aliphatic carbocycles. The van der Waals surface area contributed by atoms with Crippen LogP contribution >= 0.6 is 0 Å². The highest BCUT2D eigenvalue weighted by molar-refractivity contribution is 6.09. The fraction of sp³-hybridized carbons (Fsp3) is 0.286. The molecular formula is C35H43N11O5. The number of aromatic nitrogens is 5. The number of hydrogen-bond acceptors (Lipinski definition) is 6. The second-order valence-corrected chi connectivity index (χ2v) is 12.6. The Bertz CT molecular complexity index is 2110. The zero-order valence-electron chi connectivity index (χ0n) is 29.7. The molecular weight excluding hydrogens is 654 g/mol. The molecule has 0 spiro atoms. The molecule has 0 saturated heterocycles. The van der Waals surface area contributed by atoms with Crippen LogP contribution in [-0.4, -0.2) is 84.5 Å². The van der Waals surface area contributed by atoms with Gasteiger partial charge in [0, 0.05) is 72.8 Å². The molecule has 5 aromatic rings. The molecule has 5 amide bonds. The lowest BCUT2D eigenvalue weighted by Crippen LogP contribution is -2.28. The van der Waals surface area contributed by atoms with Crippen LogP contribution in [0.1, 0.15) is 58.9 Å². The van der Waals surface area contributed by atoms with Crippen molar-refractivity contribution in [3.05, 3.63) is 95.9 Å². The highest BCUT2D eigenvalue weighted by atomic mass is 16.2. The van der Waals surface area contributed by atoms with E-state index in [2.05, 4.69) is 26.6 Å². The third-order valence-electron chi connectivity index (χ3n) is 8.23. The van der Waals surface area contributed by atoms with Gasteiger partial charge in [0.05, 0.1) is 22.7 Å². The van der Waals surface area contributed by atoms with Crippen molar-refractivity contribution >= 4 is 52.3 Å². The van der Waals surface area contributed by atoms with Crippen molar-refractivity contribution in [2.24, 2.45) is 35.2 Å². The lowest BCUT2D eigenvalue weighted by molar-refractivity contribution is 0.0941. The van der Waals surface area contributed by atoms with Gasteiger partial charge < -0.3 is 54.3 Å². The van der Waals surface area contributed by atoms with Crippen molar-refractivity contribution in [1.82, 2.24) is 33.1 Å². The SMILES string of the molecule is CN(C)CCCNC(=O)c1cc(NC(=O)c2cc(NC(=O)c3cc(NC(=O)c4cc(NC(=O)c5cccn5C)cn4C)cn3C)cn2C)cn1C. The van der Waals surface area contributed by atoms with Crippen molar-refractivity contribution in [2.45, 2.75) is 6.42 Å². The van der Waals surface area contributed by atoms with Crippen LogP contribution in [0.25, 0.3) is 0 Å². The minimum Gasteiger partial charge on any atom is -0.351 e. The van der Waals surface area contributed by atoms with Crippen molar-refractivity contribution in [3.63, 3.8) is 0 Å². The maximum atomic E-state index is 13.3. The molecule has 5 aromatic heterocycles. The first-order valence-electron chi connectivity index (χ1n) is 16.1. The van der Waals surface area contributed by atoms with E-state index in [0.717, 1.165) is 13.0 Å². The third kappa shape index (κ3) is 8.48. The minimum absolute atomic E-state index is 0.234. The second kappa shape index (κ2) is 15.1. The maximum absolute atomic E-state index is 13.3. The Hall–Kier alpha value is -6.29. The van der Waals surface area contributed by atoms with Crippen LogP contribution < -0.4 is 26.6 Å². The summed E-state index contributed by atoms with van der Waals surface area (Å²) in [7, 11) is 12.5. The van der Waals surface area contributed by atoms with E-state index in [1.165, 1.54) is 6.07 Å². The fourth-order valence-electron chi connectivity index (χ4n) is 5.60. The molecule has 5 rings (SSSR count). The Labute approximate surface area is 295 Å². The number of carbonyl (C=O) groups excluding carboxylic acids is 5. The molecule has 0 fully saturated rings. The Morgan fingerprint density at radius 3 is 1.22 bits per heavy atom. The van der Waals surface area contributed by atoms with Crippen molar-refractivity contribution in [3.8, 4) is 0 Å². The van der Waals surface area contributed by atoms with Crippen LogP contribution in [-0.2, 0) is 35.2 Å². The van der Waals surface area contributed by atoms with E-state index in [9.17, 15) is 24.0 Å². The van der Waals surface area contributed by atoms with Crippen LogP contribution in [0.5, 0.6) is 0 Å². The van der Waals surface area contributed by atoms with E-state index in [-0.39, 0.29) is 23.2 Å². The van der Waals surface area contributed by atoms with Crippen LogP contribution in [0.15, 0.2) is 67.4 Å². The first kappa shape index (κ1) is 36.0. The van der Waals surface area contributed by atoms with Gasteiger partial charge in [0.1, 0.15) is 28.5 Å². The van der Waals surface area contributed by atoms with E-state index in [1.54, 1.807) is 119 Å². The van der Waals surface area contributed by atoms with Crippen LogP contribution in [0.2, 0.25) is 0 Å². The Morgan fingerprint density at radius 2 is 0.882 bits per heavy atom. The van der Waals surface area contributed by atoms with Crippen LogP contribution in [0.4, 0.5) is 22.7 Å². The molecule has 0 aliphatic heterocycles. The molecule has 5 heterocycles. The maximum Gasteiger partial charge on any atom is 0.272 e. The number of anilines is 4. The largest absolute Gasteiger partial charge is 0.351 e. The number of amides is 5. The first-order chi connectivity index (χ1) is 24.2. The van der Waals surface area contributed by atoms with Gasteiger partial charge in [-0.05, 0) is 63.5 Å². The van der Waals surface area contributed by atoms with E-state index >= 15 is 0 Å². The lowest BCUT2D eigenvalue weighted by atomic mass is 10.3. The molecule has 0 bridgehead atoms. The first-order valence-corrected chi connectivity index (χ1v) is 16.1. The van der Waals surface area contributed by atoms with Gasteiger partial charge in [0.2, 0.25) is 0 Å². The summed E-state index contributed by atoms with van der Waals surface area (Å²) in [6, 6.07) is 9.72. The zero-order valence-corrected chi connectivity index (χ0v) is 29.7. The average Bonchev–Trinajstić information content (AvgIpc) is 3.88. The summed E-state index contributed by atoms with van der Waals surface area (Å²) in [6.45, 7) is 1.39. The number of aryl methyl sites for hydroxylation is 5. The number of carbonyl (C=O) groups is 5. The fourth-order valence-corrected chi connectivity index (χ4v) is 5.60. The summed E-state index contributed by atoms with van der Waals surface area (Å²) < 4.78 is 8.09. The van der Waals surface area contributed by atoms with Crippen molar-refractivity contribution in [2.75, 3.05) is 48.5 Å². The topological polar surface area (TPSA) is 173 Å². The normalized spacial score (nSPS) is 11.1. The monoisotopic (exact) mass is 697 g/mol. The highest BCUT2D eigenvalue weighted by Crippen LogP contribution is 2.21. The number of nitrogens with zero attached hydrogens (tertiary/aromatic N) is 6. The molecule has 0 aromatic carbocycles. The third-order valence-corrected chi connectivity index (χ3v) is 8.23. The quantitative estimate of drug-likeness (QED) is 0.118. The number of hydrogen-bond donors (Lipinski definition) is 5. The van der Waals surface area contributed by atoms with Gasteiger partial charge in [-0.3, -0.25) is 24.0 Å². The number of rotatable bonds is 13. The molecule has 0 unspecified atom stereocenters. The summed E-state index contributed by atoms with van der Waals surface area (Å²) in [5.41, 5.74) is 3.42. The number of nitrogens with one attached hydrogen (secondary N) is 5. The lowest BCUT2D eigenvalue weighted by Gasteiger charge is -2.10. The van der Waals surface area contributed by atoms with Gasteiger partial charge in [-0.1, -0.05) is 0 Å². The molecule has 0 radical (unpaired) electrons. The molecule has 0 atom stereocenters. The van der Waals surface area contributed by atoms with E-state index < -0.39 is 17.7 Å². The molecule has 5 N–H and O–H groups in total.